The molecule has 5 nitrogen and oxygen atoms in total. The third-order valence-electron chi connectivity index (χ3n) is 6.89. The molecule has 0 aliphatic carbocycles. The summed E-state index contributed by atoms with van der Waals surface area (Å²) in [5.74, 6) is 2.59. The Hall–Kier alpha value is -3.60. The normalized spacial score (nSPS) is 16.8. The predicted octanol–water partition coefficient (Wildman–Crippen LogP) is 6.15. The molecule has 1 saturated heterocycles. The van der Waals surface area contributed by atoms with E-state index in [0.717, 1.165) is 34.7 Å². The van der Waals surface area contributed by atoms with Gasteiger partial charge in [0.1, 0.15) is 18.2 Å². The van der Waals surface area contributed by atoms with Crippen molar-refractivity contribution in [2.24, 2.45) is 0 Å². The fourth-order valence-corrected chi connectivity index (χ4v) is 4.76. The molecule has 1 fully saturated rings. The molecule has 0 bridgehead atoms. The third kappa shape index (κ3) is 4.43. The second-order valence-electron chi connectivity index (χ2n) is 9.08. The highest BCUT2D eigenvalue weighted by Crippen LogP contribution is 2.33. The number of imidazole rings is 1. The number of carbonyl (C=O) groups is 1. The van der Waals surface area contributed by atoms with Crippen LogP contribution in [0.1, 0.15) is 49.9 Å². The van der Waals surface area contributed by atoms with Gasteiger partial charge in [-0.15, -0.1) is 0 Å². The number of anilines is 1. The maximum Gasteiger partial charge on any atom is 0.227 e. The molecule has 0 radical (unpaired) electrons. The van der Waals surface area contributed by atoms with E-state index in [1.165, 1.54) is 5.56 Å². The van der Waals surface area contributed by atoms with Gasteiger partial charge in [-0.3, -0.25) is 4.79 Å². The van der Waals surface area contributed by atoms with Gasteiger partial charge < -0.3 is 14.2 Å². The van der Waals surface area contributed by atoms with E-state index >= 15 is 0 Å². The molecule has 2 unspecified atom stereocenters. The molecule has 2 atom stereocenters. The molecular weight excluding hydrogens is 422 g/mol. The van der Waals surface area contributed by atoms with E-state index in [1.54, 1.807) is 0 Å². The molecule has 34 heavy (non-hydrogen) atoms. The molecule has 5 heteroatoms. The number of ether oxygens (including phenoxy) is 1. The molecule has 4 aromatic rings. The van der Waals surface area contributed by atoms with Gasteiger partial charge in [-0.2, -0.15) is 0 Å². The van der Waals surface area contributed by atoms with Gasteiger partial charge in [0.15, 0.2) is 0 Å². The standard InChI is InChI=1S/C29H31N3O2/c1-3-21(2)22-13-15-25(16-14-22)34-18-17-31-27-12-8-7-11-26(27)30-29(31)23-19-28(33)32(20-23)24-9-5-4-6-10-24/h4-16,21,23H,3,17-20H2,1-2H3. The van der Waals surface area contributed by atoms with Crippen LogP contribution in [0.15, 0.2) is 78.9 Å². The first-order valence-electron chi connectivity index (χ1n) is 12.2. The number of aromatic nitrogens is 2. The van der Waals surface area contributed by atoms with Crippen molar-refractivity contribution in [3.8, 4) is 5.75 Å². The van der Waals surface area contributed by atoms with E-state index in [-0.39, 0.29) is 11.8 Å². The highest BCUT2D eigenvalue weighted by Gasteiger charge is 2.34. The van der Waals surface area contributed by atoms with Crippen molar-refractivity contribution in [1.29, 1.82) is 0 Å². The van der Waals surface area contributed by atoms with E-state index in [9.17, 15) is 4.79 Å². The summed E-state index contributed by atoms with van der Waals surface area (Å²) in [7, 11) is 0. The number of fused-ring (bicyclic) bond motifs is 1. The Bertz CT molecular complexity index is 1260. The van der Waals surface area contributed by atoms with Gasteiger partial charge in [0.2, 0.25) is 5.91 Å². The number of carbonyl (C=O) groups excluding carboxylic acids is 1. The second kappa shape index (κ2) is 9.72. The van der Waals surface area contributed by atoms with Gasteiger partial charge in [-0.1, -0.05) is 56.3 Å². The molecule has 1 amide bonds. The van der Waals surface area contributed by atoms with Crippen LogP contribution in [0, 0.1) is 0 Å². The zero-order valence-electron chi connectivity index (χ0n) is 19.9. The zero-order valence-corrected chi connectivity index (χ0v) is 19.9. The van der Waals surface area contributed by atoms with Crippen molar-refractivity contribution in [2.45, 2.75) is 45.1 Å². The Morgan fingerprint density at radius 3 is 2.50 bits per heavy atom. The van der Waals surface area contributed by atoms with Gasteiger partial charge in [0, 0.05) is 24.6 Å². The Balaban J connectivity index is 1.34. The molecule has 0 saturated carbocycles. The van der Waals surface area contributed by atoms with Crippen LogP contribution in [0.5, 0.6) is 5.75 Å². The quantitative estimate of drug-likeness (QED) is 0.321. The maximum atomic E-state index is 12.8. The number of hydrogen-bond donors (Lipinski definition) is 0. The molecule has 3 aromatic carbocycles. The highest BCUT2D eigenvalue weighted by molar-refractivity contribution is 5.96. The van der Waals surface area contributed by atoms with Crippen molar-refractivity contribution in [2.75, 3.05) is 18.1 Å². The summed E-state index contributed by atoms with van der Waals surface area (Å²) in [6.07, 6.45) is 1.60. The van der Waals surface area contributed by atoms with Gasteiger partial charge in [-0.25, -0.2) is 4.98 Å². The maximum absolute atomic E-state index is 12.8. The van der Waals surface area contributed by atoms with Crippen LogP contribution in [0.25, 0.3) is 11.0 Å². The lowest BCUT2D eigenvalue weighted by molar-refractivity contribution is -0.117. The monoisotopic (exact) mass is 453 g/mol. The minimum absolute atomic E-state index is 0.0509. The van der Waals surface area contributed by atoms with Gasteiger partial charge in [-0.05, 0) is 54.3 Å². The Morgan fingerprint density at radius 1 is 1.00 bits per heavy atom. The Labute approximate surface area is 201 Å². The van der Waals surface area contributed by atoms with Crippen LogP contribution < -0.4 is 9.64 Å². The van der Waals surface area contributed by atoms with Crippen molar-refractivity contribution in [3.63, 3.8) is 0 Å². The number of nitrogens with zero attached hydrogens (tertiary/aromatic N) is 3. The lowest BCUT2D eigenvalue weighted by Crippen LogP contribution is -2.24. The molecule has 1 aliphatic rings. The predicted molar refractivity (Wildman–Crippen MR) is 137 cm³/mol. The van der Waals surface area contributed by atoms with E-state index in [0.29, 0.717) is 32.0 Å². The first-order valence-corrected chi connectivity index (χ1v) is 12.2. The average molecular weight is 454 g/mol. The summed E-state index contributed by atoms with van der Waals surface area (Å²) >= 11 is 0. The molecule has 0 N–H and O–H groups in total. The van der Waals surface area contributed by atoms with Crippen LogP contribution >= 0.6 is 0 Å². The highest BCUT2D eigenvalue weighted by atomic mass is 16.5. The molecule has 1 aromatic heterocycles. The Kier molecular flexibility index (Phi) is 6.35. The fraction of sp³-hybridized carbons (Fsp3) is 0.310. The van der Waals surface area contributed by atoms with Crippen molar-refractivity contribution >= 4 is 22.6 Å². The van der Waals surface area contributed by atoms with Crippen LogP contribution in [0.2, 0.25) is 0 Å². The number of amides is 1. The number of benzene rings is 3. The summed E-state index contributed by atoms with van der Waals surface area (Å²) in [5, 5.41) is 0. The van der Waals surface area contributed by atoms with Gasteiger partial charge in [0.05, 0.1) is 17.6 Å². The van der Waals surface area contributed by atoms with E-state index in [4.69, 9.17) is 9.72 Å². The number of hydrogen-bond acceptors (Lipinski definition) is 3. The first kappa shape index (κ1) is 22.2. The average Bonchev–Trinajstić information content (AvgIpc) is 3.45. The summed E-state index contributed by atoms with van der Waals surface area (Å²) in [5.41, 5.74) is 4.33. The molecule has 2 heterocycles. The summed E-state index contributed by atoms with van der Waals surface area (Å²) in [4.78, 5) is 19.7. The molecule has 174 valence electrons. The number of para-hydroxylation sites is 3. The largest absolute Gasteiger partial charge is 0.492 e. The summed E-state index contributed by atoms with van der Waals surface area (Å²) < 4.78 is 8.33. The molecule has 1 aliphatic heterocycles. The Morgan fingerprint density at radius 2 is 1.74 bits per heavy atom. The van der Waals surface area contributed by atoms with E-state index in [1.807, 2.05) is 53.4 Å². The summed E-state index contributed by atoms with van der Waals surface area (Å²) in [6, 6.07) is 26.5. The zero-order chi connectivity index (χ0) is 23.5. The smallest absolute Gasteiger partial charge is 0.227 e. The first-order chi connectivity index (χ1) is 16.6. The molecule has 5 rings (SSSR count). The van der Waals surface area contributed by atoms with Crippen LogP contribution in [-0.4, -0.2) is 28.6 Å². The van der Waals surface area contributed by atoms with Crippen molar-refractivity contribution < 1.29 is 9.53 Å². The van der Waals surface area contributed by atoms with Crippen LogP contribution in [-0.2, 0) is 11.3 Å². The molecule has 0 spiro atoms. The van der Waals surface area contributed by atoms with Gasteiger partial charge >= 0.3 is 0 Å². The lowest BCUT2D eigenvalue weighted by atomic mass is 9.99. The second-order valence-corrected chi connectivity index (χ2v) is 9.08. The number of rotatable bonds is 8. The lowest BCUT2D eigenvalue weighted by Gasteiger charge is -2.17. The van der Waals surface area contributed by atoms with Crippen molar-refractivity contribution in [1.82, 2.24) is 9.55 Å². The third-order valence-corrected chi connectivity index (χ3v) is 6.89. The van der Waals surface area contributed by atoms with Crippen molar-refractivity contribution in [3.05, 3.63) is 90.3 Å². The van der Waals surface area contributed by atoms with E-state index < -0.39 is 0 Å². The fourth-order valence-electron chi connectivity index (χ4n) is 4.76. The van der Waals surface area contributed by atoms with Gasteiger partial charge in [0.25, 0.3) is 0 Å². The SMILES string of the molecule is CCC(C)c1ccc(OCCn2c(C3CC(=O)N(c4ccccc4)C3)nc3ccccc32)cc1. The topological polar surface area (TPSA) is 47.4 Å². The minimum Gasteiger partial charge on any atom is -0.492 e. The van der Waals surface area contributed by atoms with E-state index in [2.05, 4.69) is 48.7 Å². The minimum atomic E-state index is 0.0509. The molecular formula is C29H31N3O2. The van der Waals surface area contributed by atoms with Crippen LogP contribution in [0.3, 0.4) is 0 Å². The van der Waals surface area contributed by atoms with Crippen LogP contribution in [0.4, 0.5) is 5.69 Å². The summed E-state index contributed by atoms with van der Waals surface area (Å²) in [6.45, 7) is 6.31.